The molecule has 5 heteroatoms. The average Bonchev–Trinajstić information content (AvgIpc) is 1.63. The van der Waals surface area contributed by atoms with Crippen molar-refractivity contribution in [2.45, 2.75) is 32.7 Å². The van der Waals surface area contributed by atoms with Gasteiger partial charge in [0.15, 0.2) is 0 Å². The molecule has 0 aliphatic carbocycles. The molecular weight excluding hydrogens is 161 g/mol. The molecule has 0 saturated heterocycles. The molecule has 0 aliphatic rings. The van der Waals surface area contributed by atoms with E-state index in [1.165, 1.54) is 0 Å². The molecule has 0 aliphatic heterocycles. The molecule has 0 saturated carbocycles. The molecule has 0 bridgehead atoms. The Kier molecular flexibility index (Phi) is 11.1. The van der Waals surface area contributed by atoms with Gasteiger partial charge < -0.3 is 4.55 Å². The minimum Gasteiger partial charge on any atom is -0.760 e. The molecule has 0 spiro atoms. The molecule has 0 aromatic rings. The first-order valence-corrected chi connectivity index (χ1v) is 4.09. The number of nitrogens with one attached hydrogen (secondary N) is 1. The SMILES string of the molecule is CCCC(C)NS(=O)[O-].[Na]. The molecule has 0 rings (SSSR count). The van der Waals surface area contributed by atoms with Gasteiger partial charge in [0.2, 0.25) is 0 Å². The van der Waals surface area contributed by atoms with E-state index in [-0.39, 0.29) is 35.6 Å². The summed E-state index contributed by atoms with van der Waals surface area (Å²) in [5, 5.41) is 0. The van der Waals surface area contributed by atoms with Gasteiger partial charge >= 0.3 is 0 Å². The van der Waals surface area contributed by atoms with Gasteiger partial charge in [0.1, 0.15) is 0 Å². The van der Waals surface area contributed by atoms with E-state index in [0.29, 0.717) is 0 Å². The minimum absolute atomic E-state index is 0. The molecule has 0 amide bonds. The Morgan fingerprint density at radius 2 is 2.20 bits per heavy atom. The van der Waals surface area contributed by atoms with E-state index in [1.54, 1.807) is 0 Å². The van der Waals surface area contributed by atoms with E-state index in [4.69, 9.17) is 0 Å². The first-order valence-electron chi connectivity index (χ1n) is 3.02. The third kappa shape index (κ3) is 9.07. The molecule has 3 nitrogen and oxygen atoms in total. The maximum atomic E-state index is 9.97. The van der Waals surface area contributed by atoms with Crippen molar-refractivity contribution in [1.82, 2.24) is 4.72 Å². The van der Waals surface area contributed by atoms with Crippen molar-refractivity contribution >= 4 is 40.8 Å². The number of rotatable bonds is 4. The van der Waals surface area contributed by atoms with Gasteiger partial charge in [-0.05, 0) is 13.3 Å². The van der Waals surface area contributed by atoms with Gasteiger partial charge in [0, 0.05) is 46.9 Å². The van der Waals surface area contributed by atoms with Crippen LogP contribution in [0.1, 0.15) is 26.7 Å². The van der Waals surface area contributed by atoms with Gasteiger partial charge in [-0.3, -0.25) is 4.21 Å². The third-order valence-electron chi connectivity index (χ3n) is 1.02. The Hall–Kier alpha value is 1.07. The fourth-order valence-corrected chi connectivity index (χ4v) is 1.10. The monoisotopic (exact) mass is 173 g/mol. The average molecular weight is 173 g/mol. The second-order valence-electron chi connectivity index (χ2n) is 2.04. The smallest absolute Gasteiger partial charge is 0.0183 e. The van der Waals surface area contributed by atoms with Crippen LogP contribution in [0.25, 0.3) is 0 Å². The second kappa shape index (κ2) is 8.17. The molecule has 2 unspecified atom stereocenters. The van der Waals surface area contributed by atoms with Crippen molar-refractivity contribution in [2.75, 3.05) is 0 Å². The van der Waals surface area contributed by atoms with Gasteiger partial charge in [-0.15, -0.1) is 0 Å². The van der Waals surface area contributed by atoms with E-state index in [9.17, 15) is 8.76 Å². The fourth-order valence-electron chi connectivity index (χ4n) is 0.656. The van der Waals surface area contributed by atoms with Gasteiger partial charge in [-0.1, -0.05) is 13.3 Å². The topological polar surface area (TPSA) is 52.2 Å². The van der Waals surface area contributed by atoms with Crippen LogP contribution in [-0.2, 0) is 11.3 Å². The number of hydrogen-bond donors (Lipinski definition) is 1. The molecule has 0 aromatic carbocycles. The third-order valence-corrected chi connectivity index (χ3v) is 1.61. The first-order chi connectivity index (χ1) is 4.16. The summed E-state index contributed by atoms with van der Waals surface area (Å²) < 4.78 is 22.3. The molecule has 0 aromatic heterocycles. The molecule has 1 N–H and O–H groups in total. The van der Waals surface area contributed by atoms with Crippen LogP contribution < -0.4 is 4.72 Å². The van der Waals surface area contributed by atoms with E-state index in [1.807, 2.05) is 13.8 Å². The van der Waals surface area contributed by atoms with Crippen LogP contribution in [0.4, 0.5) is 0 Å². The second-order valence-corrected chi connectivity index (χ2v) is 2.75. The predicted octanol–water partition coefficient (Wildman–Crippen LogP) is 0.178. The zero-order valence-corrected chi connectivity index (χ0v) is 9.53. The summed E-state index contributed by atoms with van der Waals surface area (Å²) >= 11 is -2.10. The zero-order chi connectivity index (χ0) is 7.28. The Balaban J connectivity index is 0. The predicted molar refractivity (Wildman–Crippen MR) is 42.2 cm³/mol. The summed E-state index contributed by atoms with van der Waals surface area (Å²) in [5.74, 6) is 0. The van der Waals surface area contributed by atoms with Crippen molar-refractivity contribution < 1.29 is 8.76 Å². The van der Waals surface area contributed by atoms with Crippen molar-refractivity contribution in [2.24, 2.45) is 0 Å². The fraction of sp³-hybridized carbons (Fsp3) is 1.00. The van der Waals surface area contributed by atoms with Gasteiger partial charge in [0.05, 0.1) is 0 Å². The van der Waals surface area contributed by atoms with Crippen LogP contribution in [0.2, 0.25) is 0 Å². The van der Waals surface area contributed by atoms with Crippen molar-refractivity contribution in [3.8, 4) is 0 Å². The van der Waals surface area contributed by atoms with Crippen LogP contribution in [-0.4, -0.2) is 44.4 Å². The Morgan fingerprint density at radius 3 is 2.50 bits per heavy atom. The van der Waals surface area contributed by atoms with Crippen molar-refractivity contribution in [3.05, 3.63) is 0 Å². The molecule has 1 radical (unpaired) electrons. The normalized spacial score (nSPS) is 15.5. The van der Waals surface area contributed by atoms with E-state index < -0.39 is 11.3 Å². The largest absolute Gasteiger partial charge is 0.760 e. The van der Waals surface area contributed by atoms with Crippen molar-refractivity contribution in [1.29, 1.82) is 0 Å². The van der Waals surface area contributed by atoms with Crippen LogP contribution in [0, 0.1) is 0 Å². The molecular formula is C5H12NNaO2S-. The molecule has 57 valence electrons. The summed E-state index contributed by atoms with van der Waals surface area (Å²) in [7, 11) is 0. The van der Waals surface area contributed by atoms with Crippen LogP contribution in [0.3, 0.4) is 0 Å². The molecule has 10 heavy (non-hydrogen) atoms. The molecule has 0 heterocycles. The quantitative estimate of drug-likeness (QED) is 0.487. The number of hydrogen-bond acceptors (Lipinski definition) is 2. The van der Waals surface area contributed by atoms with E-state index in [2.05, 4.69) is 4.72 Å². The first kappa shape index (κ1) is 13.6. The Labute approximate surface area is 86.7 Å². The van der Waals surface area contributed by atoms with Crippen LogP contribution in [0.5, 0.6) is 0 Å². The van der Waals surface area contributed by atoms with Crippen molar-refractivity contribution in [3.63, 3.8) is 0 Å². The zero-order valence-electron chi connectivity index (χ0n) is 6.72. The van der Waals surface area contributed by atoms with Gasteiger partial charge in [0.25, 0.3) is 0 Å². The Morgan fingerprint density at radius 1 is 1.70 bits per heavy atom. The van der Waals surface area contributed by atoms with Crippen LogP contribution >= 0.6 is 0 Å². The van der Waals surface area contributed by atoms with Gasteiger partial charge in [-0.2, -0.15) is 0 Å². The van der Waals surface area contributed by atoms with Crippen LogP contribution in [0.15, 0.2) is 0 Å². The molecule has 0 fully saturated rings. The summed E-state index contributed by atoms with van der Waals surface area (Å²) in [4.78, 5) is 0. The van der Waals surface area contributed by atoms with E-state index >= 15 is 0 Å². The summed E-state index contributed by atoms with van der Waals surface area (Å²) in [6, 6.07) is 0.0772. The summed E-state index contributed by atoms with van der Waals surface area (Å²) in [5.41, 5.74) is 0. The maximum absolute atomic E-state index is 9.97. The Bertz CT molecular complexity index is 102. The van der Waals surface area contributed by atoms with E-state index in [0.717, 1.165) is 12.8 Å². The summed E-state index contributed by atoms with van der Waals surface area (Å²) in [6.45, 7) is 3.87. The maximum Gasteiger partial charge on any atom is 0.0183 e. The standard InChI is InChI=1S/C5H13NO2S.Na/c1-3-4-5(2)6-9(7)8;/h5-6H,3-4H2,1-2H3,(H,7,8);/p-1. The minimum atomic E-state index is -2.10. The van der Waals surface area contributed by atoms with Gasteiger partial charge in [-0.25, -0.2) is 4.72 Å². The summed E-state index contributed by atoms with van der Waals surface area (Å²) in [6.07, 6.45) is 1.90. The molecule has 2 atom stereocenters.